The molecule has 1 aliphatic rings. The van der Waals surface area contributed by atoms with Crippen LogP contribution in [0, 0.1) is 0 Å². The van der Waals surface area contributed by atoms with E-state index in [1.807, 2.05) is 24.3 Å². The second-order valence-electron chi connectivity index (χ2n) is 4.13. The van der Waals surface area contributed by atoms with E-state index >= 15 is 0 Å². The van der Waals surface area contributed by atoms with Crippen LogP contribution in [0.3, 0.4) is 0 Å². The van der Waals surface area contributed by atoms with Crippen molar-refractivity contribution in [1.82, 2.24) is 4.90 Å². The fraction of sp³-hybridized carbons (Fsp3) is 0.538. The number of ether oxygens (including phenoxy) is 2. The Kier molecular flexibility index (Phi) is 4.83. The van der Waals surface area contributed by atoms with Gasteiger partial charge in [-0.25, -0.2) is 0 Å². The molecule has 1 saturated heterocycles. The zero-order chi connectivity index (χ0) is 12.1. The molecule has 1 heterocycles. The Morgan fingerprint density at radius 1 is 1.47 bits per heavy atom. The molecule has 1 aliphatic heterocycles. The van der Waals surface area contributed by atoms with E-state index in [4.69, 9.17) is 9.47 Å². The van der Waals surface area contributed by atoms with Crippen LogP contribution in [0.2, 0.25) is 0 Å². The summed E-state index contributed by atoms with van der Waals surface area (Å²) in [5.74, 6) is 0.879. The summed E-state index contributed by atoms with van der Waals surface area (Å²) < 4.78 is 12.4. The molecule has 0 radical (unpaired) electrons. The average molecular weight is 300 g/mol. The molecule has 4 heteroatoms. The Labute approximate surface area is 111 Å². The molecule has 0 N–H and O–H groups in total. The van der Waals surface area contributed by atoms with Gasteiger partial charge < -0.3 is 9.47 Å². The SMILES string of the molecule is CCN1CCOC(COc2ccccc2Br)C1. The molecule has 0 bridgehead atoms. The maximum absolute atomic E-state index is 5.77. The summed E-state index contributed by atoms with van der Waals surface area (Å²) in [6.07, 6.45) is 0.177. The third kappa shape index (κ3) is 3.69. The summed E-state index contributed by atoms with van der Waals surface area (Å²) in [5.41, 5.74) is 0. The lowest BCUT2D eigenvalue weighted by molar-refractivity contribution is -0.0465. The van der Waals surface area contributed by atoms with Crippen LogP contribution in [-0.2, 0) is 4.74 Å². The number of hydrogen-bond donors (Lipinski definition) is 0. The van der Waals surface area contributed by atoms with Gasteiger partial charge in [0.2, 0.25) is 0 Å². The Bertz CT molecular complexity index is 359. The minimum absolute atomic E-state index is 0.177. The molecule has 1 aromatic rings. The molecule has 1 aromatic carbocycles. The number of rotatable bonds is 4. The van der Waals surface area contributed by atoms with Crippen molar-refractivity contribution >= 4 is 15.9 Å². The summed E-state index contributed by atoms with van der Waals surface area (Å²) in [5, 5.41) is 0. The van der Waals surface area contributed by atoms with Gasteiger partial charge in [0.15, 0.2) is 0 Å². The molecular formula is C13H18BrNO2. The topological polar surface area (TPSA) is 21.7 Å². The summed E-state index contributed by atoms with van der Waals surface area (Å²) >= 11 is 3.47. The van der Waals surface area contributed by atoms with E-state index in [0.29, 0.717) is 6.61 Å². The maximum Gasteiger partial charge on any atom is 0.133 e. The van der Waals surface area contributed by atoms with Crippen LogP contribution in [0.25, 0.3) is 0 Å². The molecule has 0 aromatic heterocycles. The minimum Gasteiger partial charge on any atom is -0.490 e. The van der Waals surface area contributed by atoms with Gasteiger partial charge in [-0.05, 0) is 34.6 Å². The van der Waals surface area contributed by atoms with Crippen molar-refractivity contribution in [1.29, 1.82) is 0 Å². The zero-order valence-electron chi connectivity index (χ0n) is 10.1. The van der Waals surface area contributed by atoms with Crippen LogP contribution >= 0.6 is 15.9 Å². The summed E-state index contributed by atoms with van der Waals surface area (Å²) in [6.45, 7) is 6.66. The molecule has 17 heavy (non-hydrogen) atoms. The predicted octanol–water partition coefficient (Wildman–Crippen LogP) is 2.55. The number of likely N-dealkylation sites (N-methyl/N-ethyl adjacent to an activating group) is 1. The first-order chi connectivity index (χ1) is 8.29. The normalized spacial score (nSPS) is 21.4. The number of para-hydroxylation sites is 1. The van der Waals surface area contributed by atoms with Gasteiger partial charge in [-0.15, -0.1) is 0 Å². The van der Waals surface area contributed by atoms with Gasteiger partial charge in [0.25, 0.3) is 0 Å². The van der Waals surface area contributed by atoms with Crippen LogP contribution in [0.1, 0.15) is 6.92 Å². The van der Waals surface area contributed by atoms with Gasteiger partial charge in [0.05, 0.1) is 11.1 Å². The van der Waals surface area contributed by atoms with Gasteiger partial charge in [-0.1, -0.05) is 19.1 Å². The predicted molar refractivity (Wildman–Crippen MR) is 71.5 cm³/mol. The van der Waals surface area contributed by atoms with E-state index in [1.54, 1.807) is 0 Å². The van der Waals surface area contributed by atoms with Crippen molar-refractivity contribution in [3.8, 4) is 5.75 Å². The fourth-order valence-electron chi connectivity index (χ4n) is 1.91. The highest BCUT2D eigenvalue weighted by Crippen LogP contribution is 2.24. The van der Waals surface area contributed by atoms with Crippen molar-refractivity contribution < 1.29 is 9.47 Å². The van der Waals surface area contributed by atoms with Gasteiger partial charge >= 0.3 is 0 Å². The van der Waals surface area contributed by atoms with E-state index in [2.05, 4.69) is 27.8 Å². The van der Waals surface area contributed by atoms with E-state index < -0.39 is 0 Å². The summed E-state index contributed by atoms with van der Waals surface area (Å²) in [4.78, 5) is 2.39. The Morgan fingerprint density at radius 3 is 3.06 bits per heavy atom. The molecule has 0 aliphatic carbocycles. The van der Waals surface area contributed by atoms with Crippen LogP contribution in [-0.4, -0.2) is 43.9 Å². The van der Waals surface area contributed by atoms with Crippen LogP contribution in [0.4, 0.5) is 0 Å². The van der Waals surface area contributed by atoms with Crippen LogP contribution < -0.4 is 4.74 Å². The molecule has 0 spiro atoms. The monoisotopic (exact) mass is 299 g/mol. The minimum atomic E-state index is 0.177. The van der Waals surface area contributed by atoms with Crippen molar-refractivity contribution in [2.24, 2.45) is 0 Å². The van der Waals surface area contributed by atoms with Gasteiger partial charge in [-0.3, -0.25) is 4.90 Å². The van der Waals surface area contributed by atoms with E-state index in [1.165, 1.54) is 0 Å². The lowest BCUT2D eigenvalue weighted by Gasteiger charge is -2.31. The highest BCUT2D eigenvalue weighted by molar-refractivity contribution is 9.10. The first kappa shape index (κ1) is 12.9. The second-order valence-corrected chi connectivity index (χ2v) is 4.98. The third-order valence-corrected chi connectivity index (χ3v) is 3.59. The van der Waals surface area contributed by atoms with Crippen molar-refractivity contribution in [2.75, 3.05) is 32.8 Å². The molecule has 2 rings (SSSR count). The van der Waals surface area contributed by atoms with Crippen molar-refractivity contribution in [3.63, 3.8) is 0 Å². The number of morpholine rings is 1. The number of benzene rings is 1. The molecule has 0 saturated carbocycles. The van der Waals surface area contributed by atoms with Gasteiger partial charge in [0, 0.05) is 13.1 Å². The Balaban J connectivity index is 1.84. The third-order valence-electron chi connectivity index (χ3n) is 2.93. The lowest BCUT2D eigenvalue weighted by Crippen LogP contribution is -2.44. The van der Waals surface area contributed by atoms with Crippen LogP contribution in [0.15, 0.2) is 28.7 Å². The van der Waals surface area contributed by atoms with Crippen molar-refractivity contribution in [3.05, 3.63) is 28.7 Å². The fourth-order valence-corrected chi connectivity index (χ4v) is 2.31. The van der Waals surface area contributed by atoms with Crippen LogP contribution in [0.5, 0.6) is 5.75 Å². The summed E-state index contributed by atoms with van der Waals surface area (Å²) in [7, 11) is 0. The highest BCUT2D eigenvalue weighted by Gasteiger charge is 2.19. The number of nitrogens with zero attached hydrogens (tertiary/aromatic N) is 1. The molecular weight excluding hydrogens is 282 g/mol. The molecule has 1 atom stereocenters. The molecule has 1 fully saturated rings. The second kappa shape index (κ2) is 6.38. The number of halogens is 1. The summed E-state index contributed by atoms with van der Waals surface area (Å²) in [6, 6.07) is 7.90. The quantitative estimate of drug-likeness (QED) is 0.853. The largest absolute Gasteiger partial charge is 0.490 e. The maximum atomic E-state index is 5.77. The Hall–Kier alpha value is -0.580. The first-order valence-corrected chi connectivity index (χ1v) is 6.80. The smallest absolute Gasteiger partial charge is 0.133 e. The lowest BCUT2D eigenvalue weighted by atomic mass is 10.3. The standard InChI is InChI=1S/C13H18BrNO2/c1-2-15-7-8-16-11(9-15)10-17-13-6-4-3-5-12(13)14/h3-6,11H,2,7-10H2,1H3. The zero-order valence-corrected chi connectivity index (χ0v) is 11.6. The van der Waals surface area contributed by atoms with Gasteiger partial charge in [-0.2, -0.15) is 0 Å². The van der Waals surface area contributed by atoms with E-state index in [-0.39, 0.29) is 6.10 Å². The van der Waals surface area contributed by atoms with E-state index in [9.17, 15) is 0 Å². The highest BCUT2D eigenvalue weighted by atomic mass is 79.9. The molecule has 0 amide bonds. The van der Waals surface area contributed by atoms with Gasteiger partial charge in [0.1, 0.15) is 18.5 Å². The number of hydrogen-bond acceptors (Lipinski definition) is 3. The average Bonchev–Trinajstić information content (AvgIpc) is 2.38. The Morgan fingerprint density at radius 2 is 2.29 bits per heavy atom. The molecule has 3 nitrogen and oxygen atoms in total. The van der Waals surface area contributed by atoms with E-state index in [0.717, 1.165) is 36.5 Å². The molecule has 1 unspecified atom stereocenters. The first-order valence-electron chi connectivity index (χ1n) is 6.01. The van der Waals surface area contributed by atoms with Crippen molar-refractivity contribution in [2.45, 2.75) is 13.0 Å². The molecule has 94 valence electrons.